The van der Waals surface area contributed by atoms with Gasteiger partial charge >= 0.3 is 11.6 Å². The molecule has 7 heteroatoms. The fourth-order valence-electron chi connectivity index (χ4n) is 2.80. The van der Waals surface area contributed by atoms with Crippen LogP contribution in [0.3, 0.4) is 0 Å². The number of aryl methyl sites for hydroxylation is 1. The van der Waals surface area contributed by atoms with E-state index in [4.69, 9.17) is 4.74 Å². The first-order chi connectivity index (χ1) is 13.5. The third-order valence-corrected chi connectivity index (χ3v) is 4.38. The van der Waals surface area contributed by atoms with E-state index in [0.29, 0.717) is 11.7 Å². The summed E-state index contributed by atoms with van der Waals surface area (Å²) in [6.07, 6.45) is 2.04. The van der Waals surface area contributed by atoms with Gasteiger partial charge in [-0.25, -0.2) is 4.98 Å². The molecule has 1 aromatic heterocycles. The molecule has 0 saturated carbocycles. The van der Waals surface area contributed by atoms with Crippen LogP contribution in [0, 0.1) is 10.1 Å². The molecule has 0 aliphatic heterocycles. The first-order valence-corrected chi connectivity index (χ1v) is 9.11. The Bertz CT molecular complexity index is 972. The van der Waals surface area contributed by atoms with Crippen LogP contribution in [0.4, 0.5) is 17.2 Å². The summed E-state index contributed by atoms with van der Waals surface area (Å²) >= 11 is 0. The summed E-state index contributed by atoms with van der Waals surface area (Å²) in [5.74, 6) is 0.853. The number of nitrogens with zero attached hydrogens (tertiary/aromatic N) is 3. The number of hydrogen-bond donors (Lipinski definition) is 1. The number of anilines is 2. The normalized spacial score (nSPS) is 10.7. The van der Waals surface area contributed by atoms with Crippen molar-refractivity contribution in [2.45, 2.75) is 33.1 Å². The van der Waals surface area contributed by atoms with Crippen LogP contribution in [0.25, 0.3) is 0 Å². The second kappa shape index (κ2) is 8.47. The maximum atomic E-state index is 11.7. The molecule has 144 valence electrons. The number of nitro groups is 1. The van der Waals surface area contributed by atoms with Gasteiger partial charge in [-0.15, -0.1) is 0 Å². The summed E-state index contributed by atoms with van der Waals surface area (Å²) in [6.45, 7) is 6.21. The number of benzene rings is 2. The van der Waals surface area contributed by atoms with Crippen LogP contribution in [0.5, 0.6) is 11.6 Å². The number of para-hydroxylation sites is 1. The van der Waals surface area contributed by atoms with E-state index >= 15 is 0 Å². The van der Waals surface area contributed by atoms with Gasteiger partial charge in [-0.05, 0) is 41.7 Å². The summed E-state index contributed by atoms with van der Waals surface area (Å²) in [5.41, 5.74) is 2.64. The van der Waals surface area contributed by atoms with Crippen molar-refractivity contribution in [3.8, 4) is 11.6 Å². The molecule has 1 heterocycles. The highest BCUT2D eigenvalue weighted by atomic mass is 16.6. The van der Waals surface area contributed by atoms with E-state index in [1.54, 1.807) is 12.1 Å². The van der Waals surface area contributed by atoms with Gasteiger partial charge in [0.15, 0.2) is 0 Å². The molecular formula is C21H22N4O3. The Labute approximate surface area is 163 Å². The smallest absolute Gasteiger partial charge is 0.373 e. The van der Waals surface area contributed by atoms with E-state index in [1.807, 2.05) is 43.3 Å². The van der Waals surface area contributed by atoms with E-state index in [0.717, 1.165) is 23.2 Å². The minimum absolute atomic E-state index is 0.0923. The maximum Gasteiger partial charge on any atom is 0.373 e. The van der Waals surface area contributed by atoms with Gasteiger partial charge in [0.2, 0.25) is 5.82 Å². The minimum atomic E-state index is -0.533. The molecule has 1 N–H and O–H groups in total. The van der Waals surface area contributed by atoms with Crippen molar-refractivity contribution in [3.63, 3.8) is 0 Å². The molecule has 0 amide bonds. The zero-order valence-electron chi connectivity index (χ0n) is 16.0. The van der Waals surface area contributed by atoms with Gasteiger partial charge in [0.05, 0.1) is 4.92 Å². The number of rotatable bonds is 7. The lowest BCUT2D eigenvalue weighted by Gasteiger charge is -2.12. The molecule has 2 aromatic carbocycles. The fourth-order valence-corrected chi connectivity index (χ4v) is 2.80. The largest absolute Gasteiger partial charge is 0.434 e. The SMILES string of the molecule is CCc1ccccc1Nc1ncnc(Oc2ccc(C(C)C)cc2)c1[N+](=O)[O-]. The summed E-state index contributed by atoms with van der Waals surface area (Å²) in [6, 6.07) is 15.0. The first kappa shape index (κ1) is 19.3. The third kappa shape index (κ3) is 4.25. The van der Waals surface area contributed by atoms with Gasteiger partial charge in [-0.2, -0.15) is 4.98 Å². The lowest BCUT2D eigenvalue weighted by atomic mass is 10.0. The molecule has 0 bridgehead atoms. The molecular weight excluding hydrogens is 356 g/mol. The highest BCUT2D eigenvalue weighted by molar-refractivity contribution is 5.70. The number of ether oxygens (including phenoxy) is 1. The Hall–Kier alpha value is -3.48. The molecule has 0 atom stereocenters. The van der Waals surface area contributed by atoms with Crippen molar-refractivity contribution < 1.29 is 9.66 Å². The molecule has 0 radical (unpaired) electrons. The van der Waals surface area contributed by atoms with Crippen molar-refractivity contribution in [2.75, 3.05) is 5.32 Å². The Kier molecular flexibility index (Phi) is 5.84. The molecule has 0 spiro atoms. The second-order valence-electron chi connectivity index (χ2n) is 6.59. The molecule has 3 aromatic rings. The van der Waals surface area contributed by atoms with Crippen LogP contribution in [0.1, 0.15) is 37.8 Å². The van der Waals surface area contributed by atoms with Crippen LogP contribution in [0.2, 0.25) is 0 Å². The lowest BCUT2D eigenvalue weighted by molar-refractivity contribution is -0.385. The third-order valence-electron chi connectivity index (χ3n) is 4.38. The number of nitrogens with one attached hydrogen (secondary N) is 1. The molecule has 0 aliphatic rings. The predicted molar refractivity (Wildman–Crippen MR) is 108 cm³/mol. The maximum absolute atomic E-state index is 11.7. The lowest BCUT2D eigenvalue weighted by Crippen LogP contribution is -2.04. The molecule has 0 saturated heterocycles. The summed E-state index contributed by atoms with van der Waals surface area (Å²) in [4.78, 5) is 19.2. The van der Waals surface area contributed by atoms with Crippen molar-refractivity contribution in [1.29, 1.82) is 0 Å². The molecule has 7 nitrogen and oxygen atoms in total. The highest BCUT2D eigenvalue weighted by Crippen LogP contribution is 2.36. The zero-order chi connectivity index (χ0) is 20.1. The Morgan fingerprint density at radius 2 is 1.82 bits per heavy atom. The average molecular weight is 378 g/mol. The predicted octanol–water partition coefficient (Wildman–Crippen LogP) is 5.61. The Morgan fingerprint density at radius 1 is 1.11 bits per heavy atom. The summed E-state index contributed by atoms with van der Waals surface area (Å²) < 4.78 is 5.71. The molecule has 0 aliphatic carbocycles. The average Bonchev–Trinajstić information content (AvgIpc) is 2.68. The number of aromatic nitrogens is 2. The monoisotopic (exact) mass is 378 g/mol. The molecule has 0 unspecified atom stereocenters. The van der Waals surface area contributed by atoms with Crippen molar-refractivity contribution in [2.24, 2.45) is 0 Å². The summed E-state index contributed by atoms with van der Waals surface area (Å²) in [5, 5.41) is 14.8. The van der Waals surface area contributed by atoms with Crippen LogP contribution >= 0.6 is 0 Å². The standard InChI is InChI=1S/C21H22N4O3/c1-4-15-7-5-6-8-18(15)24-20-19(25(26)27)21(23-13-22-20)28-17-11-9-16(10-12-17)14(2)3/h5-14H,4H2,1-3H3,(H,22,23,24). The van der Waals surface area contributed by atoms with Crippen LogP contribution < -0.4 is 10.1 Å². The quantitative estimate of drug-likeness (QED) is 0.425. The van der Waals surface area contributed by atoms with Crippen LogP contribution in [-0.4, -0.2) is 14.9 Å². The van der Waals surface area contributed by atoms with E-state index in [9.17, 15) is 10.1 Å². The topological polar surface area (TPSA) is 90.2 Å². The van der Waals surface area contributed by atoms with Gasteiger partial charge < -0.3 is 10.1 Å². The fraction of sp³-hybridized carbons (Fsp3) is 0.238. The van der Waals surface area contributed by atoms with Gasteiger partial charge in [0.1, 0.15) is 12.1 Å². The van der Waals surface area contributed by atoms with Crippen LogP contribution in [0.15, 0.2) is 54.9 Å². The van der Waals surface area contributed by atoms with E-state index < -0.39 is 4.92 Å². The highest BCUT2D eigenvalue weighted by Gasteiger charge is 2.25. The molecule has 28 heavy (non-hydrogen) atoms. The molecule has 3 rings (SSSR count). The van der Waals surface area contributed by atoms with Gasteiger partial charge in [0.25, 0.3) is 0 Å². The number of hydrogen-bond acceptors (Lipinski definition) is 6. The van der Waals surface area contributed by atoms with Gasteiger partial charge in [-0.3, -0.25) is 10.1 Å². The Morgan fingerprint density at radius 3 is 2.46 bits per heavy atom. The van der Waals surface area contributed by atoms with Crippen molar-refractivity contribution >= 4 is 17.2 Å². The van der Waals surface area contributed by atoms with E-state index in [2.05, 4.69) is 29.1 Å². The van der Waals surface area contributed by atoms with E-state index in [1.165, 1.54) is 6.33 Å². The summed E-state index contributed by atoms with van der Waals surface area (Å²) in [7, 11) is 0. The van der Waals surface area contributed by atoms with E-state index in [-0.39, 0.29) is 17.4 Å². The Balaban J connectivity index is 1.94. The van der Waals surface area contributed by atoms with Crippen molar-refractivity contribution in [3.05, 3.63) is 76.1 Å². The van der Waals surface area contributed by atoms with Crippen molar-refractivity contribution in [1.82, 2.24) is 9.97 Å². The second-order valence-corrected chi connectivity index (χ2v) is 6.59. The molecule has 0 fully saturated rings. The van der Waals surface area contributed by atoms with Gasteiger partial charge in [-0.1, -0.05) is 51.1 Å². The van der Waals surface area contributed by atoms with Crippen LogP contribution in [-0.2, 0) is 6.42 Å². The zero-order valence-corrected chi connectivity index (χ0v) is 16.0. The minimum Gasteiger partial charge on any atom is -0.434 e. The van der Waals surface area contributed by atoms with Gasteiger partial charge in [0, 0.05) is 5.69 Å². The first-order valence-electron chi connectivity index (χ1n) is 9.11.